The second kappa shape index (κ2) is 9.79. The van der Waals surface area contributed by atoms with Crippen LogP contribution in [0.5, 0.6) is 0 Å². The molecule has 0 saturated heterocycles. The standard InChI is InChI=1S/C25H32BrCl2NO2Si/c1-16-18-9-7-10-21(26)19(18)13-17(15-31-32(5,6)25(2,3)4)29(16)24(30)14-20-22(27)11-8-12-23(20)28/h7-12,16-17H,13-15H2,1-6H3/t16?,17-/m1/s1. The molecule has 0 bridgehead atoms. The molecule has 0 radical (unpaired) electrons. The molecule has 1 aliphatic rings. The fraction of sp³-hybridized carbons (Fsp3) is 0.480. The number of hydrogen-bond acceptors (Lipinski definition) is 2. The number of carbonyl (C=O) groups excluding carboxylic acids is 1. The maximum atomic E-state index is 13.7. The van der Waals surface area contributed by atoms with Crippen molar-refractivity contribution in [1.82, 2.24) is 4.90 Å². The molecular formula is C25H32BrCl2NO2Si. The summed E-state index contributed by atoms with van der Waals surface area (Å²) in [7, 11) is -1.96. The molecule has 3 nitrogen and oxygen atoms in total. The van der Waals surface area contributed by atoms with Gasteiger partial charge in [-0.2, -0.15) is 0 Å². The summed E-state index contributed by atoms with van der Waals surface area (Å²) in [6, 6.07) is 11.4. The molecule has 1 heterocycles. The Hall–Kier alpha value is -0.853. The average molecular weight is 557 g/mol. The van der Waals surface area contributed by atoms with Gasteiger partial charge >= 0.3 is 0 Å². The van der Waals surface area contributed by atoms with Crippen molar-refractivity contribution >= 4 is 53.4 Å². The third-order valence-electron chi connectivity index (χ3n) is 6.98. The lowest BCUT2D eigenvalue weighted by molar-refractivity contribution is -0.137. The molecule has 3 rings (SSSR count). The van der Waals surface area contributed by atoms with Crippen LogP contribution in [0, 0.1) is 0 Å². The number of carbonyl (C=O) groups is 1. The van der Waals surface area contributed by atoms with Gasteiger partial charge < -0.3 is 9.33 Å². The first-order valence-electron chi connectivity index (χ1n) is 11.0. The van der Waals surface area contributed by atoms with Crippen molar-refractivity contribution in [1.29, 1.82) is 0 Å². The highest BCUT2D eigenvalue weighted by molar-refractivity contribution is 9.10. The maximum Gasteiger partial charge on any atom is 0.227 e. The van der Waals surface area contributed by atoms with Gasteiger partial charge in [0.05, 0.1) is 25.1 Å². The quantitative estimate of drug-likeness (QED) is 0.351. The van der Waals surface area contributed by atoms with Crippen LogP contribution in [0.2, 0.25) is 28.2 Å². The van der Waals surface area contributed by atoms with Gasteiger partial charge in [-0.15, -0.1) is 0 Å². The summed E-state index contributed by atoms with van der Waals surface area (Å²) >= 11 is 16.5. The van der Waals surface area contributed by atoms with E-state index < -0.39 is 8.32 Å². The molecule has 0 saturated carbocycles. The average Bonchev–Trinajstić information content (AvgIpc) is 2.69. The largest absolute Gasteiger partial charge is 0.415 e. The lowest BCUT2D eigenvalue weighted by atomic mass is 9.88. The Labute approximate surface area is 211 Å². The molecule has 0 spiro atoms. The molecule has 1 unspecified atom stereocenters. The third-order valence-corrected chi connectivity index (χ3v) is 12.9. The first-order valence-corrected chi connectivity index (χ1v) is 15.4. The molecule has 0 aliphatic carbocycles. The Morgan fingerprint density at radius 1 is 1.16 bits per heavy atom. The van der Waals surface area contributed by atoms with E-state index in [2.05, 4.69) is 68.9 Å². The first-order chi connectivity index (χ1) is 14.8. The summed E-state index contributed by atoms with van der Waals surface area (Å²) < 4.78 is 7.68. The van der Waals surface area contributed by atoms with Crippen molar-refractivity contribution in [2.75, 3.05) is 6.61 Å². The number of hydrogen-bond donors (Lipinski definition) is 0. The zero-order valence-electron chi connectivity index (χ0n) is 19.6. The second-order valence-electron chi connectivity index (χ2n) is 10.1. The highest BCUT2D eigenvalue weighted by Crippen LogP contribution is 2.40. The molecule has 7 heteroatoms. The molecule has 1 amide bonds. The van der Waals surface area contributed by atoms with Crippen LogP contribution in [0.15, 0.2) is 40.9 Å². The number of nitrogens with zero attached hydrogens (tertiary/aromatic N) is 1. The van der Waals surface area contributed by atoms with E-state index in [0.29, 0.717) is 22.2 Å². The number of amides is 1. The van der Waals surface area contributed by atoms with Crippen LogP contribution in [0.1, 0.15) is 50.4 Å². The van der Waals surface area contributed by atoms with Gasteiger partial charge in [0.25, 0.3) is 0 Å². The predicted octanol–water partition coefficient (Wildman–Crippen LogP) is 7.83. The predicted molar refractivity (Wildman–Crippen MR) is 140 cm³/mol. The van der Waals surface area contributed by atoms with E-state index in [9.17, 15) is 4.79 Å². The Bertz CT molecular complexity index is 986. The van der Waals surface area contributed by atoms with Gasteiger partial charge in [-0.1, -0.05) is 78.1 Å². The van der Waals surface area contributed by atoms with Crippen LogP contribution < -0.4 is 0 Å². The highest BCUT2D eigenvalue weighted by atomic mass is 79.9. The number of halogens is 3. The van der Waals surface area contributed by atoms with E-state index in [1.165, 1.54) is 11.1 Å². The number of benzene rings is 2. The van der Waals surface area contributed by atoms with Crippen LogP contribution in [0.3, 0.4) is 0 Å². The van der Waals surface area contributed by atoms with Crippen molar-refractivity contribution in [3.8, 4) is 0 Å². The fourth-order valence-corrected chi connectivity index (χ4v) is 6.12. The minimum absolute atomic E-state index is 0.0157. The smallest absolute Gasteiger partial charge is 0.227 e. The summed E-state index contributed by atoms with van der Waals surface area (Å²) in [6.07, 6.45) is 0.917. The Morgan fingerprint density at radius 2 is 1.75 bits per heavy atom. The molecule has 174 valence electrons. The van der Waals surface area contributed by atoms with Gasteiger partial charge in [-0.25, -0.2) is 0 Å². The van der Waals surface area contributed by atoms with E-state index in [-0.39, 0.29) is 29.4 Å². The molecule has 1 aliphatic heterocycles. The van der Waals surface area contributed by atoms with Gasteiger partial charge in [-0.3, -0.25) is 4.79 Å². The minimum atomic E-state index is -1.96. The second-order valence-corrected chi connectivity index (χ2v) is 16.6. The summed E-state index contributed by atoms with van der Waals surface area (Å²) in [5.74, 6) is 0.0157. The highest BCUT2D eigenvalue weighted by Gasteiger charge is 2.41. The molecule has 2 aromatic carbocycles. The van der Waals surface area contributed by atoms with E-state index in [4.69, 9.17) is 27.6 Å². The molecular weight excluding hydrogens is 525 g/mol. The van der Waals surface area contributed by atoms with E-state index in [0.717, 1.165) is 10.9 Å². The van der Waals surface area contributed by atoms with Gasteiger partial charge in [0.2, 0.25) is 5.91 Å². The van der Waals surface area contributed by atoms with E-state index in [1.807, 2.05) is 11.0 Å². The monoisotopic (exact) mass is 555 g/mol. The van der Waals surface area contributed by atoms with Gasteiger partial charge in [-0.05, 0) is 66.4 Å². The summed E-state index contributed by atoms with van der Waals surface area (Å²) in [5.41, 5.74) is 3.10. The molecule has 0 N–H and O–H groups in total. The third kappa shape index (κ3) is 5.28. The van der Waals surface area contributed by atoms with Gasteiger partial charge in [0.15, 0.2) is 8.32 Å². The normalized spacial score (nSPS) is 19.1. The van der Waals surface area contributed by atoms with Crippen LogP contribution in [-0.2, 0) is 22.1 Å². The lowest BCUT2D eigenvalue weighted by Crippen LogP contribution is -2.52. The van der Waals surface area contributed by atoms with Crippen LogP contribution in [0.25, 0.3) is 0 Å². The van der Waals surface area contributed by atoms with Gasteiger partial charge in [0, 0.05) is 14.5 Å². The van der Waals surface area contributed by atoms with Gasteiger partial charge in [0.1, 0.15) is 0 Å². The number of fused-ring (bicyclic) bond motifs is 1. The topological polar surface area (TPSA) is 29.5 Å². The SMILES string of the molecule is CC1c2cccc(Br)c2C[C@H](CO[Si](C)(C)C(C)(C)C)N1C(=O)Cc1c(Cl)cccc1Cl. The number of rotatable bonds is 5. The Balaban J connectivity index is 1.94. The molecule has 0 fully saturated rings. The summed E-state index contributed by atoms with van der Waals surface area (Å²) in [6.45, 7) is 13.8. The van der Waals surface area contributed by atoms with Crippen molar-refractivity contribution in [2.45, 2.75) is 70.8 Å². The minimum Gasteiger partial charge on any atom is -0.415 e. The fourth-order valence-electron chi connectivity index (χ4n) is 4.01. The molecule has 32 heavy (non-hydrogen) atoms. The van der Waals surface area contributed by atoms with Crippen molar-refractivity contribution < 1.29 is 9.22 Å². The molecule has 2 atom stereocenters. The lowest BCUT2D eigenvalue weighted by Gasteiger charge is -2.44. The Morgan fingerprint density at radius 3 is 2.34 bits per heavy atom. The van der Waals surface area contributed by atoms with Crippen LogP contribution in [0.4, 0.5) is 0 Å². The maximum absolute atomic E-state index is 13.7. The van der Waals surface area contributed by atoms with Crippen molar-refractivity contribution in [3.63, 3.8) is 0 Å². The zero-order chi connectivity index (χ0) is 23.8. The van der Waals surface area contributed by atoms with Crippen LogP contribution >= 0.6 is 39.1 Å². The first kappa shape index (κ1) is 25.8. The van der Waals surface area contributed by atoms with Crippen molar-refractivity contribution in [3.05, 3.63) is 67.6 Å². The van der Waals surface area contributed by atoms with E-state index in [1.54, 1.807) is 18.2 Å². The van der Waals surface area contributed by atoms with E-state index >= 15 is 0 Å². The Kier molecular flexibility index (Phi) is 7.88. The zero-order valence-corrected chi connectivity index (χ0v) is 23.7. The summed E-state index contributed by atoms with van der Waals surface area (Å²) in [4.78, 5) is 15.6. The van der Waals surface area contributed by atoms with Crippen LogP contribution in [-0.4, -0.2) is 31.8 Å². The molecule has 0 aromatic heterocycles. The molecule has 2 aromatic rings. The summed E-state index contributed by atoms with van der Waals surface area (Å²) in [5, 5.41) is 1.14. The van der Waals surface area contributed by atoms with Crippen molar-refractivity contribution in [2.24, 2.45) is 0 Å².